The number of piperidine rings is 1. The molecule has 2 N–H and O–H groups in total. The molecule has 0 saturated carbocycles. The van der Waals surface area contributed by atoms with Crippen molar-refractivity contribution in [1.29, 1.82) is 0 Å². The molecule has 0 aliphatic carbocycles. The molecule has 3 aliphatic rings. The molecule has 10 heteroatoms. The lowest BCUT2D eigenvalue weighted by molar-refractivity contribution is -0.184. The molecule has 2 fully saturated rings. The summed E-state index contributed by atoms with van der Waals surface area (Å²) >= 11 is 0. The first-order chi connectivity index (χ1) is 16.5. The average molecular weight is 476 g/mol. The van der Waals surface area contributed by atoms with Gasteiger partial charge in [0.15, 0.2) is 17.3 Å². The fourth-order valence-corrected chi connectivity index (χ4v) is 4.64. The maximum Gasteiger partial charge on any atom is 0.338 e. The molecule has 10 nitrogen and oxygen atoms in total. The number of hydrogen-bond acceptors (Lipinski definition) is 8. The second-order valence-electron chi connectivity index (χ2n) is 8.37. The molecule has 0 aromatic heterocycles. The predicted molar refractivity (Wildman–Crippen MR) is 123 cm³/mol. The van der Waals surface area contributed by atoms with Gasteiger partial charge >= 0.3 is 12.0 Å². The number of urea groups is 1. The Balaban J connectivity index is 1.62. The van der Waals surface area contributed by atoms with Gasteiger partial charge in [0.2, 0.25) is 0 Å². The monoisotopic (exact) mass is 475 g/mol. The zero-order valence-corrected chi connectivity index (χ0v) is 20.0. The molecule has 0 radical (unpaired) electrons. The number of amides is 2. The van der Waals surface area contributed by atoms with Crippen LogP contribution in [0.4, 0.5) is 4.79 Å². The van der Waals surface area contributed by atoms with Crippen LogP contribution in [-0.2, 0) is 19.0 Å². The maximum atomic E-state index is 13.1. The van der Waals surface area contributed by atoms with Gasteiger partial charge in [0.05, 0.1) is 45.2 Å². The third-order valence-electron chi connectivity index (χ3n) is 6.28. The predicted octanol–water partition coefficient (Wildman–Crippen LogP) is 2.10. The van der Waals surface area contributed by atoms with Crippen molar-refractivity contribution in [2.75, 3.05) is 53.2 Å². The lowest BCUT2D eigenvalue weighted by Crippen LogP contribution is -2.51. The molecule has 0 bridgehead atoms. The average Bonchev–Trinajstić information content (AvgIpc) is 3.29. The molecular weight excluding hydrogens is 442 g/mol. The highest BCUT2D eigenvalue weighted by molar-refractivity contribution is 5.95. The number of benzene rings is 1. The van der Waals surface area contributed by atoms with Crippen LogP contribution < -0.4 is 20.1 Å². The van der Waals surface area contributed by atoms with E-state index in [1.165, 1.54) is 0 Å². The third kappa shape index (κ3) is 5.13. The van der Waals surface area contributed by atoms with Gasteiger partial charge in [-0.15, -0.1) is 0 Å². The van der Waals surface area contributed by atoms with Gasteiger partial charge in [0, 0.05) is 38.2 Å². The second kappa shape index (κ2) is 10.6. The van der Waals surface area contributed by atoms with Crippen molar-refractivity contribution in [2.24, 2.45) is 0 Å². The summed E-state index contributed by atoms with van der Waals surface area (Å²) in [6.07, 6.45) is 1.47. The summed E-state index contributed by atoms with van der Waals surface area (Å²) in [6, 6.07) is 4.30. The van der Waals surface area contributed by atoms with Crippen LogP contribution in [0.25, 0.3) is 0 Å². The minimum Gasteiger partial charge on any atom is -0.493 e. The third-order valence-corrected chi connectivity index (χ3v) is 6.28. The van der Waals surface area contributed by atoms with Crippen LogP contribution in [-0.4, -0.2) is 75.9 Å². The summed E-state index contributed by atoms with van der Waals surface area (Å²) in [5.74, 6) is 0.149. The zero-order valence-electron chi connectivity index (χ0n) is 20.0. The standard InChI is InChI=1S/C24H33N3O7/c1-4-31-18-7-6-16(14-19(18)30-3)21-20(22(28)32-5-2)17(25-23(29)26-21)15-27-10-8-24(9-11-27)33-12-13-34-24/h6-7,14,21H,4-5,8-13,15H2,1-3H3,(H2,25,26,29)/t21-/m0/s1. The van der Waals surface area contributed by atoms with Crippen molar-refractivity contribution >= 4 is 12.0 Å². The van der Waals surface area contributed by atoms with E-state index in [9.17, 15) is 9.59 Å². The number of carbonyl (C=O) groups excluding carboxylic acids is 2. The van der Waals surface area contributed by atoms with Gasteiger partial charge < -0.3 is 34.3 Å². The van der Waals surface area contributed by atoms with E-state index >= 15 is 0 Å². The fraction of sp³-hybridized carbons (Fsp3) is 0.583. The molecule has 1 aromatic carbocycles. The van der Waals surface area contributed by atoms with Gasteiger partial charge in [0.1, 0.15) is 0 Å². The molecule has 0 unspecified atom stereocenters. The van der Waals surface area contributed by atoms with Crippen LogP contribution in [0.2, 0.25) is 0 Å². The van der Waals surface area contributed by atoms with Crippen LogP contribution >= 0.6 is 0 Å². The summed E-state index contributed by atoms with van der Waals surface area (Å²) in [4.78, 5) is 27.9. The minimum atomic E-state index is -0.690. The fourth-order valence-electron chi connectivity index (χ4n) is 4.64. The number of hydrogen-bond donors (Lipinski definition) is 2. The molecule has 1 atom stereocenters. The zero-order chi connectivity index (χ0) is 24.1. The number of esters is 1. The highest BCUT2D eigenvalue weighted by atomic mass is 16.7. The van der Waals surface area contributed by atoms with Crippen molar-refractivity contribution in [3.8, 4) is 11.5 Å². The van der Waals surface area contributed by atoms with E-state index < -0.39 is 17.8 Å². The lowest BCUT2D eigenvalue weighted by atomic mass is 9.94. The van der Waals surface area contributed by atoms with Crippen molar-refractivity contribution in [2.45, 2.75) is 38.5 Å². The van der Waals surface area contributed by atoms with E-state index in [2.05, 4.69) is 15.5 Å². The van der Waals surface area contributed by atoms with Gasteiger partial charge in [-0.05, 0) is 31.5 Å². The van der Waals surface area contributed by atoms with E-state index in [0.29, 0.717) is 54.7 Å². The Morgan fingerprint density at radius 1 is 1.15 bits per heavy atom. The normalized spacial score (nSPS) is 22.3. The van der Waals surface area contributed by atoms with Crippen LogP contribution in [0.1, 0.15) is 38.3 Å². The summed E-state index contributed by atoms with van der Waals surface area (Å²) in [7, 11) is 1.55. The number of likely N-dealkylation sites (tertiary alicyclic amines) is 1. The molecule has 2 saturated heterocycles. The van der Waals surface area contributed by atoms with Gasteiger partial charge in [0.25, 0.3) is 0 Å². The molecule has 34 heavy (non-hydrogen) atoms. The van der Waals surface area contributed by atoms with E-state index in [1.54, 1.807) is 26.2 Å². The van der Waals surface area contributed by atoms with Gasteiger partial charge in [-0.3, -0.25) is 4.90 Å². The number of carbonyl (C=O) groups is 2. The summed E-state index contributed by atoms with van der Waals surface area (Å²) in [6.45, 7) is 7.46. The minimum absolute atomic E-state index is 0.226. The molecule has 1 aromatic rings. The SMILES string of the molecule is CCOC(=O)C1=C(CN2CCC3(CC2)OCCO3)NC(=O)N[C@H]1c1ccc(OCC)c(OC)c1. The number of nitrogens with one attached hydrogen (secondary N) is 2. The Morgan fingerprint density at radius 3 is 2.53 bits per heavy atom. The molecule has 4 rings (SSSR count). The summed E-state index contributed by atoms with van der Waals surface area (Å²) in [5.41, 5.74) is 1.60. The quantitative estimate of drug-likeness (QED) is 0.551. The largest absolute Gasteiger partial charge is 0.493 e. The van der Waals surface area contributed by atoms with Crippen molar-refractivity contribution in [3.63, 3.8) is 0 Å². The molecule has 3 aliphatic heterocycles. The van der Waals surface area contributed by atoms with Crippen molar-refractivity contribution in [1.82, 2.24) is 15.5 Å². The van der Waals surface area contributed by atoms with Crippen LogP contribution in [0.5, 0.6) is 11.5 Å². The molecular formula is C24H33N3O7. The van der Waals surface area contributed by atoms with E-state index in [1.807, 2.05) is 13.0 Å². The highest BCUT2D eigenvalue weighted by Gasteiger charge is 2.41. The van der Waals surface area contributed by atoms with Crippen molar-refractivity contribution < 1.29 is 33.3 Å². The number of methoxy groups -OCH3 is 1. The Hall–Kier alpha value is -2.82. The molecule has 1 spiro atoms. The van der Waals surface area contributed by atoms with Gasteiger partial charge in [-0.1, -0.05) is 6.07 Å². The smallest absolute Gasteiger partial charge is 0.338 e. The Morgan fingerprint density at radius 2 is 1.88 bits per heavy atom. The van der Waals surface area contributed by atoms with Gasteiger partial charge in [-0.25, -0.2) is 9.59 Å². The van der Waals surface area contributed by atoms with Crippen molar-refractivity contribution in [3.05, 3.63) is 35.0 Å². The molecule has 2 amide bonds. The molecule has 3 heterocycles. The lowest BCUT2D eigenvalue weighted by Gasteiger charge is -2.39. The van der Waals surface area contributed by atoms with Crippen LogP contribution in [0.3, 0.4) is 0 Å². The Bertz CT molecular complexity index is 932. The van der Waals surface area contributed by atoms with E-state index in [-0.39, 0.29) is 12.6 Å². The number of ether oxygens (including phenoxy) is 5. The first kappa shape index (κ1) is 24.3. The van der Waals surface area contributed by atoms with E-state index in [4.69, 9.17) is 23.7 Å². The first-order valence-corrected chi connectivity index (χ1v) is 11.8. The maximum absolute atomic E-state index is 13.1. The number of rotatable bonds is 8. The number of nitrogens with zero attached hydrogens (tertiary/aromatic N) is 1. The summed E-state index contributed by atoms with van der Waals surface area (Å²) < 4.78 is 28.1. The highest BCUT2D eigenvalue weighted by Crippen LogP contribution is 2.36. The van der Waals surface area contributed by atoms with E-state index in [0.717, 1.165) is 25.9 Å². The van der Waals surface area contributed by atoms with Crippen LogP contribution in [0.15, 0.2) is 29.5 Å². The van der Waals surface area contributed by atoms with Crippen LogP contribution in [0, 0.1) is 0 Å². The topological polar surface area (TPSA) is 108 Å². The van der Waals surface area contributed by atoms with Gasteiger partial charge in [-0.2, -0.15) is 0 Å². The molecule has 186 valence electrons. The Labute approximate surface area is 199 Å². The second-order valence-corrected chi connectivity index (χ2v) is 8.37. The Kier molecular flexibility index (Phi) is 7.60. The first-order valence-electron chi connectivity index (χ1n) is 11.8. The summed E-state index contributed by atoms with van der Waals surface area (Å²) in [5, 5.41) is 5.71.